The molecule has 170 valence electrons. The summed E-state index contributed by atoms with van der Waals surface area (Å²) in [6.07, 6.45) is 3.25. The van der Waals surface area contributed by atoms with Crippen LogP contribution < -0.4 is 10.9 Å². The number of amides is 1. The van der Waals surface area contributed by atoms with Gasteiger partial charge in [0.1, 0.15) is 0 Å². The van der Waals surface area contributed by atoms with Crippen LogP contribution in [-0.4, -0.2) is 40.1 Å². The number of nitrogens with zero attached hydrogens (tertiary/aromatic N) is 3. The average Bonchev–Trinajstić information content (AvgIpc) is 3.28. The van der Waals surface area contributed by atoms with Gasteiger partial charge in [-0.3, -0.25) is 19.8 Å². The molecule has 0 spiro atoms. The second-order valence-corrected chi connectivity index (χ2v) is 9.32. The molecular weight excluding hydrogens is 453 g/mol. The molecule has 0 fully saturated rings. The summed E-state index contributed by atoms with van der Waals surface area (Å²) in [6.45, 7) is 3.85. The minimum absolute atomic E-state index is 0.0000592. The van der Waals surface area contributed by atoms with Gasteiger partial charge in [0.2, 0.25) is 11.8 Å². The first-order chi connectivity index (χ1) is 15.6. The molecule has 3 rings (SSSR count). The van der Waals surface area contributed by atoms with Gasteiger partial charge in [0.05, 0.1) is 19.0 Å². The summed E-state index contributed by atoms with van der Waals surface area (Å²) in [6, 6.07) is 12.5. The molecule has 2 aromatic heterocycles. The van der Waals surface area contributed by atoms with E-state index < -0.39 is 13.4 Å². The van der Waals surface area contributed by atoms with Crippen LogP contribution in [0.1, 0.15) is 25.2 Å². The van der Waals surface area contributed by atoms with Gasteiger partial charge in [0.15, 0.2) is 5.78 Å². The predicted molar refractivity (Wildman–Crippen MR) is 120 cm³/mol. The summed E-state index contributed by atoms with van der Waals surface area (Å²) < 4.78 is 29.8. The van der Waals surface area contributed by atoms with Crippen molar-refractivity contribution in [2.24, 2.45) is 0 Å². The SMILES string of the molecule is CCOP(=O)(OCC)C(NNC(=O)CSc1nnc(-c2ccncc2)o1)c1ccccc1. The van der Waals surface area contributed by atoms with Gasteiger partial charge in [-0.15, -0.1) is 10.2 Å². The Hall–Kier alpha value is -2.56. The van der Waals surface area contributed by atoms with Crippen molar-refractivity contribution in [2.45, 2.75) is 24.9 Å². The quantitative estimate of drug-likeness (QED) is 0.226. The van der Waals surface area contributed by atoms with Crippen LogP contribution in [0.25, 0.3) is 11.5 Å². The van der Waals surface area contributed by atoms with Crippen molar-refractivity contribution in [3.05, 3.63) is 60.4 Å². The first kappa shape index (κ1) is 24.1. The van der Waals surface area contributed by atoms with Crippen molar-refractivity contribution in [2.75, 3.05) is 19.0 Å². The van der Waals surface area contributed by atoms with Crippen molar-refractivity contribution in [1.29, 1.82) is 0 Å². The molecular formula is C20H24N5O5PS. The normalized spacial score (nSPS) is 12.4. The molecule has 0 aliphatic heterocycles. The van der Waals surface area contributed by atoms with Gasteiger partial charge in [-0.1, -0.05) is 42.1 Å². The smallest absolute Gasteiger partial charge is 0.353 e. The molecule has 2 N–H and O–H groups in total. The number of pyridine rings is 1. The third kappa shape index (κ3) is 6.47. The third-order valence-corrected chi connectivity index (χ3v) is 7.17. The Labute approximate surface area is 190 Å². The van der Waals surface area contributed by atoms with E-state index in [1.807, 2.05) is 6.07 Å². The molecule has 1 aromatic carbocycles. The zero-order chi connectivity index (χ0) is 22.8. The number of hydrogen-bond donors (Lipinski definition) is 2. The lowest BCUT2D eigenvalue weighted by Crippen LogP contribution is -2.41. The summed E-state index contributed by atoms with van der Waals surface area (Å²) in [5.41, 5.74) is 6.78. The topological polar surface area (TPSA) is 128 Å². The van der Waals surface area contributed by atoms with Gasteiger partial charge >= 0.3 is 7.60 Å². The highest BCUT2D eigenvalue weighted by atomic mass is 32.2. The van der Waals surface area contributed by atoms with E-state index in [9.17, 15) is 9.36 Å². The zero-order valence-electron chi connectivity index (χ0n) is 17.6. The molecule has 0 aliphatic rings. The fraction of sp³-hybridized carbons (Fsp3) is 0.300. The summed E-state index contributed by atoms with van der Waals surface area (Å²) in [7, 11) is -3.59. The fourth-order valence-corrected chi connectivity index (χ4v) is 5.13. The van der Waals surface area contributed by atoms with Crippen molar-refractivity contribution in [1.82, 2.24) is 26.0 Å². The van der Waals surface area contributed by atoms with Crippen LogP contribution in [-0.2, 0) is 18.4 Å². The Morgan fingerprint density at radius 1 is 1.09 bits per heavy atom. The number of aromatic nitrogens is 3. The van der Waals surface area contributed by atoms with E-state index in [2.05, 4.69) is 26.0 Å². The van der Waals surface area contributed by atoms with E-state index >= 15 is 0 Å². The first-order valence-corrected chi connectivity index (χ1v) is 12.5. The molecule has 10 nitrogen and oxygen atoms in total. The summed E-state index contributed by atoms with van der Waals surface area (Å²) in [4.78, 5) is 16.3. The van der Waals surface area contributed by atoms with Gasteiger partial charge < -0.3 is 13.5 Å². The van der Waals surface area contributed by atoms with Crippen LogP contribution in [0, 0.1) is 0 Å². The van der Waals surface area contributed by atoms with Gasteiger partial charge in [-0.25, -0.2) is 5.43 Å². The molecule has 2 heterocycles. The lowest BCUT2D eigenvalue weighted by atomic mass is 10.2. The van der Waals surface area contributed by atoms with Crippen molar-refractivity contribution in [3.63, 3.8) is 0 Å². The van der Waals surface area contributed by atoms with Crippen LogP contribution in [0.3, 0.4) is 0 Å². The Balaban J connectivity index is 1.61. The molecule has 32 heavy (non-hydrogen) atoms. The minimum Gasteiger partial charge on any atom is -0.411 e. The third-order valence-electron chi connectivity index (χ3n) is 4.06. The van der Waals surface area contributed by atoms with E-state index in [1.54, 1.807) is 62.6 Å². The summed E-state index contributed by atoms with van der Waals surface area (Å²) in [5, 5.41) is 8.16. The molecule has 0 saturated carbocycles. The maximum atomic E-state index is 13.3. The van der Waals surface area contributed by atoms with Crippen LogP contribution in [0.2, 0.25) is 0 Å². The summed E-state index contributed by atoms with van der Waals surface area (Å²) in [5.74, 6) is -0.912. The molecule has 1 amide bonds. The Morgan fingerprint density at radius 3 is 2.44 bits per heavy atom. The molecule has 0 bridgehead atoms. The van der Waals surface area contributed by atoms with E-state index in [0.717, 1.165) is 17.3 Å². The average molecular weight is 477 g/mol. The standard InChI is InChI=1S/C20H24N5O5PS/c1-3-28-31(27,29-4-2)19(16-8-6-5-7-9-16)24-22-17(26)14-32-20-25-23-18(30-20)15-10-12-21-13-11-15/h5-13,19,24H,3-4,14H2,1-2H3,(H,22,26). The number of benzene rings is 1. The Bertz CT molecular complexity index is 1030. The van der Waals surface area contributed by atoms with Crippen LogP contribution in [0.5, 0.6) is 0 Å². The van der Waals surface area contributed by atoms with Crippen molar-refractivity contribution < 1.29 is 22.8 Å². The Morgan fingerprint density at radius 2 is 1.78 bits per heavy atom. The second kappa shape index (κ2) is 11.9. The van der Waals surface area contributed by atoms with E-state index in [0.29, 0.717) is 11.5 Å². The van der Waals surface area contributed by atoms with Crippen molar-refractivity contribution in [3.8, 4) is 11.5 Å². The number of hydrogen-bond acceptors (Lipinski definition) is 10. The monoisotopic (exact) mass is 477 g/mol. The van der Waals surface area contributed by atoms with E-state index in [1.165, 1.54) is 0 Å². The molecule has 3 aromatic rings. The van der Waals surface area contributed by atoms with Gasteiger partial charge in [-0.05, 0) is 31.5 Å². The van der Waals surface area contributed by atoms with Gasteiger partial charge in [0, 0.05) is 18.0 Å². The van der Waals surface area contributed by atoms with Gasteiger partial charge in [-0.2, -0.15) is 0 Å². The first-order valence-electron chi connectivity index (χ1n) is 9.90. The number of carbonyl (C=O) groups excluding carboxylic acids is 1. The lowest BCUT2D eigenvalue weighted by molar-refractivity contribution is -0.119. The molecule has 0 radical (unpaired) electrons. The number of thioether (sulfide) groups is 1. The number of hydrazine groups is 1. The molecule has 0 saturated heterocycles. The zero-order valence-corrected chi connectivity index (χ0v) is 19.3. The maximum absolute atomic E-state index is 13.3. The maximum Gasteiger partial charge on any atom is 0.353 e. The fourth-order valence-electron chi connectivity index (χ4n) is 2.72. The highest BCUT2D eigenvalue weighted by molar-refractivity contribution is 7.99. The minimum atomic E-state index is -3.59. The number of carbonyl (C=O) groups is 1. The Kier molecular flexibility index (Phi) is 8.95. The largest absolute Gasteiger partial charge is 0.411 e. The molecule has 0 aliphatic carbocycles. The van der Waals surface area contributed by atoms with E-state index in [4.69, 9.17) is 13.5 Å². The highest BCUT2D eigenvalue weighted by Crippen LogP contribution is 2.59. The molecule has 1 atom stereocenters. The number of nitrogens with one attached hydrogen (secondary N) is 2. The predicted octanol–water partition coefficient (Wildman–Crippen LogP) is 3.81. The number of rotatable bonds is 12. The van der Waals surface area contributed by atoms with Gasteiger partial charge in [0.25, 0.3) is 5.22 Å². The lowest BCUT2D eigenvalue weighted by Gasteiger charge is -2.27. The highest BCUT2D eigenvalue weighted by Gasteiger charge is 2.37. The summed E-state index contributed by atoms with van der Waals surface area (Å²) >= 11 is 1.08. The second-order valence-electron chi connectivity index (χ2n) is 6.28. The van der Waals surface area contributed by atoms with E-state index in [-0.39, 0.29) is 30.1 Å². The van der Waals surface area contributed by atoms with Crippen LogP contribution >= 0.6 is 19.4 Å². The molecule has 1 unspecified atom stereocenters. The van der Waals surface area contributed by atoms with Crippen LogP contribution in [0.15, 0.2) is 64.5 Å². The van der Waals surface area contributed by atoms with Crippen molar-refractivity contribution >= 4 is 25.3 Å². The molecule has 12 heteroatoms. The van der Waals surface area contributed by atoms with Crippen LogP contribution in [0.4, 0.5) is 0 Å².